The number of nitriles is 1. The second-order valence-corrected chi connectivity index (χ2v) is 5.33. The molecule has 0 aliphatic rings. The average Bonchev–Trinajstić information content (AvgIpc) is 2.48. The summed E-state index contributed by atoms with van der Waals surface area (Å²) in [5, 5.41) is 17.8. The van der Waals surface area contributed by atoms with Gasteiger partial charge in [0.2, 0.25) is 0 Å². The number of thioether (sulfide) groups is 1. The van der Waals surface area contributed by atoms with Crippen LogP contribution in [0.15, 0.2) is 41.7 Å². The maximum Gasteiger partial charge on any atom is 0.316 e. The van der Waals surface area contributed by atoms with Crippen LogP contribution in [-0.2, 0) is 4.79 Å². The molecule has 0 saturated carbocycles. The van der Waals surface area contributed by atoms with E-state index in [4.69, 9.17) is 10.4 Å². The summed E-state index contributed by atoms with van der Waals surface area (Å²) in [6, 6.07) is 9.05. The summed E-state index contributed by atoms with van der Waals surface area (Å²) < 4.78 is 0. The minimum absolute atomic E-state index is 0.371. The molecule has 0 aromatic carbocycles. The first kappa shape index (κ1) is 14.0. The van der Waals surface area contributed by atoms with Crippen molar-refractivity contribution in [3.8, 4) is 17.3 Å². The molecule has 2 aromatic heterocycles. The Labute approximate surface area is 120 Å². The molecular formula is C14H11N3O2S. The molecule has 2 heterocycles. The maximum atomic E-state index is 10.9. The summed E-state index contributed by atoms with van der Waals surface area (Å²) in [5.41, 5.74) is 1.86. The number of carboxylic acids is 1. The summed E-state index contributed by atoms with van der Waals surface area (Å²) in [7, 11) is 0. The van der Waals surface area contributed by atoms with Gasteiger partial charge in [-0.15, -0.1) is 0 Å². The summed E-state index contributed by atoms with van der Waals surface area (Å²) in [4.78, 5) is 19.3. The molecule has 0 radical (unpaired) electrons. The molecule has 5 nitrogen and oxygen atoms in total. The van der Waals surface area contributed by atoms with E-state index in [2.05, 4.69) is 9.97 Å². The lowest BCUT2D eigenvalue weighted by molar-refractivity contribution is -0.136. The van der Waals surface area contributed by atoms with Crippen molar-refractivity contribution in [3.63, 3.8) is 0 Å². The van der Waals surface area contributed by atoms with Gasteiger partial charge in [-0.25, -0.2) is 4.98 Å². The van der Waals surface area contributed by atoms with E-state index in [1.807, 2.05) is 12.1 Å². The number of rotatable bonds is 4. The fraction of sp³-hybridized carbons (Fsp3) is 0.143. The van der Waals surface area contributed by atoms with Gasteiger partial charge in [-0.2, -0.15) is 5.26 Å². The minimum atomic E-state index is -0.938. The van der Waals surface area contributed by atoms with Gasteiger partial charge in [-0.3, -0.25) is 9.78 Å². The third-order valence-electron chi connectivity index (χ3n) is 2.57. The van der Waals surface area contributed by atoms with Crippen LogP contribution in [0.4, 0.5) is 0 Å². The molecule has 2 aromatic rings. The predicted molar refractivity (Wildman–Crippen MR) is 75.1 cm³/mol. The molecule has 100 valence electrons. The zero-order valence-electron chi connectivity index (χ0n) is 10.6. The van der Waals surface area contributed by atoms with E-state index in [1.165, 1.54) is 0 Å². The van der Waals surface area contributed by atoms with Gasteiger partial charge < -0.3 is 5.11 Å². The standard InChI is InChI=1S/C14H11N3O2S/c1-9(14(18)19)20-13-10(7-15)4-5-12(17-13)11-3-2-6-16-8-11/h2-6,8-9H,1H3,(H,18,19)/t9-/m1/s1. The average molecular weight is 285 g/mol. The fourth-order valence-electron chi connectivity index (χ4n) is 1.51. The number of pyridine rings is 2. The van der Waals surface area contributed by atoms with Crippen LogP contribution in [-0.4, -0.2) is 26.3 Å². The highest BCUT2D eigenvalue weighted by atomic mass is 32.2. The molecule has 0 unspecified atom stereocenters. The monoisotopic (exact) mass is 285 g/mol. The first-order valence-electron chi connectivity index (χ1n) is 5.83. The van der Waals surface area contributed by atoms with E-state index in [1.54, 1.807) is 37.5 Å². The lowest BCUT2D eigenvalue weighted by Crippen LogP contribution is -2.12. The highest BCUT2D eigenvalue weighted by Gasteiger charge is 2.16. The number of hydrogen-bond donors (Lipinski definition) is 1. The first-order valence-corrected chi connectivity index (χ1v) is 6.71. The highest BCUT2D eigenvalue weighted by Crippen LogP contribution is 2.27. The zero-order chi connectivity index (χ0) is 14.5. The molecule has 0 fully saturated rings. The maximum absolute atomic E-state index is 10.9. The highest BCUT2D eigenvalue weighted by molar-refractivity contribution is 8.00. The van der Waals surface area contributed by atoms with Gasteiger partial charge in [0.25, 0.3) is 0 Å². The van der Waals surface area contributed by atoms with Crippen molar-refractivity contribution in [3.05, 3.63) is 42.2 Å². The molecule has 6 heteroatoms. The minimum Gasteiger partial charge on any atom is -0.480 e. The third-order valence-corrected chi connectivity index (χ3v) is 3.66. The summed E-state index contributed by atoms with van der Waals surface area (Å²) in [5.74, 6) is -0.938. The summed E-state index contributed by atoms with van der Waals surface area (Å²) >= 11 is 1.06. The van der Waals surface area contributed by atoms with Crippen molar-refractivity contribution in [1.82, 2.24) is 9.97 Å². The van der Waals surface area contributed by atoms with E-state index in [-0.39, 0.29) is 0 Å². The zero-order valence-corrected chi connectivity index (χ0v) is 11.5. The van der Waals surface area contributed by atoms with Crippen LogP contribution in [0.1, 0.15) is 12.5 Å². The smallest absolute Gasteiger partial charge is 0.316 e. The van der Waals surface area contributed by atoms with Crippen LogP contribution < -0.4 is 0 Å². The van der Waals surface area contributed by atoms with E-state index >= 15 is 0 Å². The fourth-order valence-corrected chi connectivity index (χ4v) is 2.34. The first-order chi connectivity index (χ1) is 9.61. The summed E-state index contributed by atoms with van der Waals surface area (Å²) in [6.45, 7) is 1.56. The number of aliphatic carboxylic acids is 1. The Kier molecular flexibility index (Phi) is 4.33. The normalized spacial score (nSPS) is 11.6. The number of aromatic nitrogens is 2. The van der Waals surface area contributed by atoms with Gasteiger partial charge >= 0.3 is 5.97 Å². The van der Waals surface area contributed by atoms with E-state index in [0.29, 0.717) is 16.3 Å². The Morgan fingerprint density at radius 2 is 2.25 bits per heavy atom. The molecular weight excluding hydrogens is 274 g/mol. The van der Waals surface area contributed by atoms with Gasteiger partial charge in [0, 0.05) is 18.0 Å². The topological polar surface area (TPSA) is 86.9 Å². The van der Waals surface area contributed by atoms with E-state index < -0.39 is 11.2 Å². The van der Waals surface area contributed by atoms with Crippen LogP contribution in [0.3, 0.4) is 0 Å². The largest absolute Gasteiger partial charge is 0.480 e. The molecule has 1 N–H and O–H groups in total. The number of carboxylic acid groups (broad SMARTS) is 1. The second kappa shape index (κ2) is 6.17. The summed E-state index contributed by atoms with van der Waals surface area (Å²) in [6.07, 6.45) is 3.33. The Morgan fingerprint density at radius 1 is 1.45 bits per heavy atom. The van der Waals surface area contributed by atoms with Gasteiger partial charge in [0.15, 0.2) is 0 Å². The molecule has 2 rings (SSSR count). The predicted octanol–water partition coefficient (Wildman–Crippen LogP) is 2.58. The van der Waals surface area contributed by atoms with Gasteiger partial charge in [-0.1, -0.05) is 11.8 Å². The number of nitrogens with zero attached hydrogens (tertiary/aromatic N) is 3. The van der Waals surface area contributed by atoms with Crippen molar-refractivity contribution in [1.29, 1.82) is 5.26 Å². The molecule has 0 aliphatic carbocycles. The van der Waals surface area contributed by atoms with Gasteiger partial charge in [0.1, 0.15) is 16.3 Å². The van der Waals surface area contributed by atoms with Crippen molar-refractivity contribution in [2.75, 3.05) is 0 Å². The van der Waals surface area contributed by atoms with Crippen LogP contribution >= 0.6 is 11.8 Å². The lowest BCUT2D eigenvalue weighted by atomic mass is 10.2. The number of carbonyl (C=O) groups is 1. The molecule has 20 heavy (non-hydrogen) atoms. The van der Waals surface area contributed by atoms with Crippen LogP contribution in [0, 0.1) is 11.3 Å². The molecule has 0 amide bonds. The quantitative estimate of drug-likeness (QED) is 0.869. The van der Waals surface area contributed by atoms with Crippen molar-refractivity contribution < 1.29 is 9.90 Å². The molecule has 1 atom stereocenters. The van der Waals surface area contributed by atoms with E-state index in [9.17, 15) is 4.79 Å². The van der Waals surface area contributed by atoms with Crippen LogP contribution in [0.2, 0.25) is 0 Å². The van der Waals surface area contributed by atoms with Crippen molar-refractivity contribution in [2.45, 2.75) is 17.2 Å². The molecule has 0 saturated heterocycles. The van der Waals surface area contributed by atoms with E-state index in [0.717, 1.165) is 17.3 Å². The lowest BCUT2D eigenvalue weighted by Gasteiger charge is -2.08. The second-order valence-electron chi connectivity index (χ2n) is 4.00. The SMILES string of the molecule is C[C@@H](Sc1nc(-c2cccnc2)ccc1C#N)C(=O)O. The Balaban J connectivity index is 2.40. The Hall–Kier alpha value is -2.39. The molecule has 0 aliphatic heterocycles. The van der Waals surface area contributed by atoms with Crippen molar-refractivity contribution in [2.24, 2.45) is 0 Å². The van der Waals surface area contributed by atoms with Gasteiger partial charge in [-0.05, 0) is 31.2 Å². The van der Waals surface area contributed by atoms with Gasteiger partial charge in [0.05, 0.1) is 11.3 Å². The molecule has 0 spiro atoms. The Bertz CT molecular complexity index is 668. The van der Waals surface area contributed by atoms with Crippen molar-refractivity contribution >= 4 is 17.7 Å². The third kappa shape index (κ3) is 3.13. The molecule has 0 bridgehead atoms. The number of hydrogen-bond acceptors (Lipinski definition) is 5. The van der Waals surface area contributed by atoms with Crippen LogP contribution in [0.25, 0.3) is 11.3 Å². The Morgan fingerprint density at radius 3 is 2.85 bits per heavy atom. The van der Waals surface area contributed by atoms with Crippen LogP contribution in [0.5, 0.6) is 0 Å².